The van der Waals surface area contributed by atoms with Crippen molar-refractivity contribution in [3.8, 4) is 11.6 Å². The van der Waals surface area contributed by atoms with Gasteiger partial charge in [0.25, 0.3) is 0 Å². The molecular weight excluding hydrogens is 418 g/mol. The summed E-state index contributed by atoms with van der Waals surface area (Å²) < 4.78 is 5.68. The number of anilines is 2. The third-order valence-corrected chi connectivity index (χ3v) is 4.07. The van der Waals surface area contributed by atoms with Crippen LogP contribution in [0.1, 0.15) is 12.8 Å². The minimum absolute atomic E-state index is 0.0995. The van der Waals surface area contributed by atoms with Gasteiger partial charge in [0, 0.05) is 6.42 Å². The minimum Gasteiger partial charge on any atom is -0.481 e. The number of nitrogens with zero attached hydrogens (tertiary/aromatic N) is 2. The summed E-state index contributed by atoms with van der Waals surface area (Å²) in [6, 6.07) is 9.66. The Balaban J connectivity index is 2.43. The molecule has 158 valence electrons. The number of alkyl halides is 1. The van der Waals surface area contributed by atoms with Gasteiger partial charge in [-0.1, -0.05) is 18.2 Å². The quantitative estimate of drug-likeness (QED) is 0.360. The van der Waals surface area contributed by atoms with Crippen LogP contribution in [0.4, 0.5) is 11.5 Å². The molecule has 30 heavy (non-hydrogen) atoms. The van der Waals surface area contributed by atoms with Crippen LogP contribution < -0.4 is 15.0 Å². The van der Waals surface area contributed by atoms with Crippen LogP contribution >= 0.6 is 11.6 Å². The summed E-state index contributed by atoms with van der Waals surface area (Å²) in [5.41, 5.74) is 0.150. The number of carboxylic acids is 2. The van der Waals surface area contributed by atoms with Gasteiger partial charge in [0.1, 0.15) is 29.2 Å². The van der Waals surface area contributed by atoms with Crippen molar-refractivity contribution >= 4 is 47.4 Å². The number of benzene rings is 1. The summed E-state index contributed by atoms with van der Waals surface area (Å²) in [7, 11) is 0. The maximum atomic E-state index is 11.7. The van der Waals surface area contributed by atoms with E-state index in [1.807, 2.05) is 0 Å². The van der Waals surface area contributed by atoms with Crippen LogP contribution in [0.5, 0.6) is 11.6 Å². The Morgan fingerprint density at radius 3 is 2.43 bits per heavy atom. The average Bonchev–Trinajstić information content (AvgIpc) is 2.72. The molecule has 0 radical (unpaired) electrons. The lowest BCUT2D eigenvalue weighted by atomic mass is 10.1. The molecule has 0 bridgehead atoms. The Kier molecular flexibility index (Phi) is 8.12. The van der Waals surface area contributed by atoms with Crippen LogP contribution in [-0.2, 0) is 19.2 Å². The maximum Gasteiger partial charge on any atom is 0.326 e. The number of amides is 2. The molecule has 0 saturated carbocycles. The number of ether oxygens (including phenoxy) is 1. The molecule has 0 aliphatic carbocycles. The molecule has 0 fully saturated rings. The van der Waals surface area contributed by atoms with E-state index >= 15 is 0 Å². The van der Waals surface area contributed by atoms with Gasteiger partial charge in [-0.2, -0.15) is 4.98 Å². The molecule has 1 atom stereocenters. The highest BCUT2D eigenvalue weighted by Crippen LogP contribution is 2.31. The highest BCUT2D eigenvalue weighted by atomic mass is 35.5. The molecule has 2 aromatic rings. The zero-order valence-electron chi connectivity index (χ0n) is 15.5. The van der Waals surface area contributed by atoms with Gasteiger partial charge in [0.2, 0.25) is 18.2 Å². The zero-order chi connectivity index (χ0) is 22.1. The molecule has 1 heterocycles. The Morgan fingerprint density at radius 1 is 1.17 bits per heavy atom. The second-order valence-electron chi connectivity index (χ2n) is 5.92. The third-order valence-electron chi connectivity index (χ3n) is 3.83. The van der Waals surface area contributed by atoms with Crippen LogP contribution in [-0.4, -0.2) is 51.4 Å². The Labute approximate surface area is 176 Å². The first-order chi connectivity index (χ1) is 14.3. The molecule has 1 aromatic carbocycles. The molecule has 2 rings (SSSR count). The molecular formula is C19H18ClN3O7. The first-order valence-corrected chi connectivity index (χ1v) is 9.17. The van der Waals surface area contributed by atoms with Crippen molar-refractivity contribution in [2.75, 3.05) is 16.1 Å². The summed E-state index contributed by atoms with van der Waals surface area (Å²) in [5.74, 6) is -3.27. The van der Waals surface area contributed by atoms with Gasteiger partial charge in [-0.15, -0.1) is 11.6 Å². The lowest BCUT2D eigenvalue weighted by Crippen LogP contribution is -2.41. The molecule has 2 amide bonds. The summed E-state index contributed by atoms with van der Waals surface area (Å²) >= 11 is 5.51. The van der Waals surface area contributed by atoms with Crippen molar-refractivity contribution < 1.29 is 34.1 Å². The monoisotopic (exact) mass is 435 g/mol. The number of hydrogen-bond acceptors (Lipinski definition) is 6. The number of carbonyl (C=O) groups excluding carboxylic acids is 2. The van der Waals surface area contributed by atoms with Crippen molar-refractivity contribution in [1.29, 1.82) is 0 Å². The number of carboxylic acid groups (broad SMARTS) is 2. The van der Waals surface area contributed by atoms with Crippen LogP contribution in [0.25, 0.3) is 0 Å². The van der Waals surface area contributed by atoms with Gasteiger partial charge < -0.3 is 20.3 Å². The highest BCUT2D eigenvalue weighted by molar-refractivity contribution is 6.29. The zero-order valence-corrected chi connectivity index (χ0v) is 16.3. The van der Waals surface area contributed by atoms with E-state index in [4.69, 9.17) is 21.4 Å². The number of halogens is 1. The van der Waals surface area contributed by atoms with Gasteiger partial charge in [-0.05, 0) is 30.7 Å². The number of aliphatic carboxylic acids is 2. The van der Waals surface area contributed by atoms with Crippen LogP contribution in [0.2, 0.25) is 0 Å². The summed E-state index contributed by atoms with van der Waals surface area (Å²) in [6.07, 6.45) is -0.546. The number of carbonyl (C=O) groups is 4. The van der Waals surface area contributed by atoms with Crippen molar-refractivity contribution in [1.82, 2.24) is 4.98 Å². The smallest absolute Gasteiger partial charge is 0.326 e. The number of rotatable bonds is 11. The highest BCUT2D eigenvalue weighted by Gasteiger charge is 2.28. The fourth-order valence-corrected chi connectivity index (χ4v) is 2.53. The van der Waals surface area contributed by atoms with E-state index in [9.17, 15) is 24.3 Å². The molecule has 0 unspecified atom stereocenters. The first kappa shape index (κ1) is 22.6. The second kappa shape index (κ2) is 10.8. The van der Waals surface area contributed by atoms with Gasteiger partial charge >= 0.3 is 11.9 Å². The van der Waals surface area contributed by atoms with E-state index in [1.165, 1.54) is 12.1 Å². The van der Waals surface area contributed by atoms with E-state index in [1.54, 1.807) is 30.3 Å². The minimum atomic E-state index is -1.46. The Hall–Kier alpha value is -3.66. The van der Waals surface area contributed by atoms with Crippen molar-refractivity contribution in [3.05, 3.63) is 42.5 Å². The fourth-order valence-electron chi connectivity index (χ4n) is 2.46. The standard InChI is InChI=1S/C19H18ClN3O7/c20-10-16(25)21-13-6-8-15(22-18(13)30-12-4-2-1-3-5-12)23(11-24)14(19(28)29)7-9-17(26)27/h1-6,8,11,14H,7,9-10H2,(H,21,25)(H,26,27)(H,28,29)/t14-/m0/s1. The first-order valence-electron chi connectivity index (χ1n) is 8.63. The normalized spacial score (nSPS) is 11.2. The van der Waals surface area contributed by atoms with Crippen molar-refractivity contribution in [3.63, 3.8) is 0 Å². The molecule has 0 saturated heterocycles. The third kappa shape index (κ3) is 6.17. The van der Waals surface area contributed by atoms with Gasteiger partial charge in [-0.25, -0.2) is 4.79 Å². The summed E-state index contributed by atoms with van der Waals surface area (Å²) in [4.78, 5) is 50.7. The Morgan fingerprint density at radius 2 is 1.87 bits per heavy atom. The van der Waals surface area contributed by atoms with Crippen LogP contribution in [0.3, 0.4) is 0 Å². The van der Waals surface area contributed by atoms with Crippen LogP contribution in [0.15, 0.2) is 42.5 Å². The molecule has 3 N–H and O–H groups in total. The number of para-hydroxylation sites is 1. The van der Waals surface area contributed by atoms with Crippen LogP contribution in [0, 0.1) is 0 Å². The van der Waals surface area contributed by atoms with E-state index in [2.05, 4.69) is 10.3 Å². The lowest BCUT2D eigenvalue weighted by molar-refractivity contribution is -0.140. The molecule has 0 aliphatic heterocycles. The van der Waals surface area contributed by atoms with Gasteiger partial charge in [0.05, 0.1) is 0 Å². The van der Waals surface area contributed by atoms with E-state index in [0.717, 1.165) is 4.90 Å². The number of nitrogens with one attached hydrogen (secondary N) is 1. The summed E-state index contributed by atoms with van der Waals surface area (Å²) in [6.45, 7) is 0. The second-order valence-corrected chi connectivity index (χ2v) is 6.19. The van der Waals surface area contributed by atoms with Crippen molar-refractivity contribution in [2.45, 2.75) is 18.9 Å². The number of aromatic nitrogens is 1. The van der Waals surface area contributed by atoms with Gasteiger partial charge in [-0.3, -0.25) is 19.3 Å². The predicted octanol–water partition coefficient (Wildman–Crippen LogP) is 2.33. The number of hydrogen-bond donors (Lipinski definition) is 3. The topological polar surface area (TPSA) is 146 Å². The summed E-state index contributed by atoms with van der Waals surface area (Å²) in [5, 5.41) is 20.8. The molecule has 0 aliphatic rings. The average molecular weight is 436 g/mol. The molecule has 10 nitrogen and oxygen atoms in total. The van der Waals surface area contributed by atoms with E-state index in [-0.39, 0.29) is 36.1 Å². The maximum absolute atomic E-state index is 11.7. The van der Waals surface area contributed by atoms with Gasteiger partial charge in [0.15, 0.2) is 0 Å². The van der Waals surface area contributed by atoms with E-state index in [0.29, 0.717) is 5.75 Å². The van der Waals surface area contributed by atoms with E-state index < -0.39 is 30.3 Å². The molecule has 0 spiro atoms. The number of pyridine rings is 1. The largest absolute Gasteiger partial charge is 0.481 e. The SMILES string of the molecule is O=CN(c1ccc(NC(=O)CCl)c(Oc2ccccc2)n1)[C@@H](CCC(=O)O)C(=O)O. The predicted molar refractivity (Wildman–Crippen MR) is 107 cm³/mol. The van der Waals surface area contributed by atoms with Crippen molar-refractivity contribution in [2.24, 2.45) is 0 Å². The fraction of sp³-hybridized carbons (Fsp3) is 0.211. The molecule has 11 heteroatoms. The Bertz CT molecular complexity index is 924. The molecule has 1 aromatic heterocycles. The lowest BCUT2D eigenvalue weighted by Gasteiger charge is -2.24.